The third kappa shape index (κ3) is 5.45. The van der Waals surface area contributed by atoms with Crippen LogP contribution in [-0.2, 0) is 20.7 Å². The second-order valence-electron chi connectivity index (χ2n) is 6.11. The lowest BCUT2D eigenvalue weighted by atomic mass is 9.93. The summed E-state index contributed by atoms with van der Waals surface area (Å²) in [5, 5.41) is 2.61. The zero-order valence-electron chi connectivity index (χ0n) is 13.2. The molecule has 1 unspecified atom stereocenters. The summed E-state index contributed by atoms with van der Waals surface area (Å²) in [7, 11) is 1.29. The molecule has 0 radical (unpaired) electrons. The molecule has 1 aromatic rings. The normalized spacial score (nSPS) is 14.0. The Kier molecular flexibility index (Phi) is 5.35. The van der Waals surface area contributed by atoms with Crippen LogP contribution in [0.2, 0.25) is 0 Å². The van der Waals surface area contributed by atoms with Crippen LogP contribution in [0.15, 0.2) is 30.3 Å². The van der Waals surface area contributed by atoms with Crippen LogP contribution in [0.25, 0.3) is 0 Å². The van der Waals surface area contributed by atoms with Crippen LogP contribution in [0, 0.1) is 0 Å². The lowest BCUT2D eigenvalue weighted by Crippen LogP contribution is -2.55. The van der Waals surface area contributed by atoms with Gasteiger partial charge in [0.2, 0.25) is 0 Å². The molecule has 0 aliphatic rings. The molecule has 1 N–H and O–H groups in total. The van der Waals surface area contributed by atoms with Gasteiger partial charge in [0.1, 0.15) is 11.1 Å². The summed E-state index contributed by atoms with van der Waals surface area (Å²) in [5.41, 5.74) is -0.895. The molecule has 21 heavy (non-hydrogen) atoms. The molecular formula is C16H23NO4. The first-order valence-corrected chi connectivity index (χ1v) is 6.80. The fourth-order valence-electron chi connectivity index (χ4n) is 1.93. The third-order valence-corrected chi connectivity index (χ3v) is 2.81. The molecule has 0 fully saturated rings. The highest BCUT2D eigenvalue weighted by Gasteiger charge is 2.37. The highest BCUT2D eigenvalue weighted by molar-refractivity contribution is 5.85. The zero-order chi connectivity index (χ0) is 16.1. The van der Waals surface area contributed by atoms with Gasteiger partial charge in [-0.15, -0.1) is 0 Å². The number of carbonyl (C=O) groups excluding carboxylic acids is 2. The Bertz CT molecular complexity index is 493. The molecule has 0 aliphatic carbocycles. The van der Waals surface area contributed by atoms with Crippen molar-refractivity contribution in [2.24, 2.45) is 0 Å². The van der Waals surface area contributed by atoms with Crippen molar-refractivity contribution in [1.29, 1.82) is 0 Å². The highest BCUT2D eigenvalue weighted by Crippen LogP contribution is 2.17. The quantitative estimate of drug-likeness (QED) is 0.867. The van der Waals surface area contributed by atoms with E-state index in [2.05, 4.69) is 5.32 Å². The van der Waals surface area contributed by atoms with Crippen molar-refractivity contribution in [3.8, 4) is 0 Å². The van der Waals surface area contributed by atoms with Gasteiger partial charge in [-0.05, 0) is 33.3 Å². The average molecular weight is 293 g/mol. The topological polar surface area (TPSA) is 64.6 Å². The van der Waals surface area contributed by atoms with Crippen molar-refractivity contribution in [3.63, 3.8) is 0 Å². The van der Waals surface area contributed by atoms with Crippen LogP contribution >= 0.6 is 0 Å². The van der Waals surface area contributed by atoms with E-state index in [1.165, 1.54) is 7.11 Å². The Hall–Kier alpha value is -2.04. The monoisotopic (exact) mass is 293 g/mol. The molecule has 116 valence electrons. The number of ether oxygens (including phenoxy) is 2. The summed E-state index contributed by atoms with van der Waals surface area (Å²) in [5.74, 6) is -0.516. The van der Waals surface area contributed by atoms with Crippen LogP contribution in [-0.4, -0.2) is 30.3 Å². The largest absolute Gasteiger partial charge is 0.467 e. The minimum absolute atomic E-state index is 0.319. The van der Waals surface area contributed by atoms with Crippen molar-refractivity contribution < 1.29 is 19.1 Å². The van der Waals surface area contributed by atoms with Gasteiger partial charge < -0.3 is 14.8 Å². The van der Waals surface area contributed by atoms with E-state index in [0.717, 1.165) is 5.56 Å². The molecule has 5 heteroatoms. The minimum Gasteiger partial charge on any atom is -0.467 e. The molecule has 1 atom stereocenters. The Morgan fingerprint density at radius 2 is 1.67 bits per heavy atom. The van der Waals surface area contributed by atoms with E-state index in [-0.39, 0.29) is 0 Å². The van der Waals surface area contributed by atoms with Crippen LogP contribution in [0.4, 0.5) is 4.79 Å². The van der Waals surface area contributed by atoms with Gasteiger partial charge in [-0.3, -0.25) is 0 Å². The van der Waals surface area contributed by atoms with Gasteiger partial charge >= 0.3 is 12.1 Å². The van der Waals surface area contributed by atoms with Crippen molar-refractivity contribution in [2.75, 3.05) is 7.11 Å². The lowest BCUT2D eigenvalue weighted by Gasteiger charge is -2.29. The number of alkyl carbamates (subject to hydrolysis) is 1. The van der Waals surface area contributed by atoms with Gasteiger partial charge in [0.15, 0.2) is 0 Å². The maximum atomic E-state index is 12.0. The molecule has 0 bridgehead atoms. The molecule has 1 aromatic carbocycles. The van der Waals surface area contributed by atoms with E-state index in [1.54, 1.807) is 27.7 Å². The Balaban J connectivity index is 2.89. The van der Waals surface area contributed by atoms with Gasteiger partial charge in [0.05, 0.1) is 7.11 Å². The van der Waals surface area contributed by atoms with Crippen molar-refractivity contribution >= 4 is 12.1 Å². The molecule has 1 amide bonds. The van der Waals surface area contributed by atoms with E-state index < -0.39 is 23.2 Å². The summed E-state index contributed by atoms with van der Waals surface area (Å²) in [6.45, 7) is 6.91. The number of hydrogen-bond donors (Lipinski definition) is 1. The van der Waals surface area contributed by atoms with E-state index in [0.29, 0.717) is 6.42 Å². The number of carbonyl (C=O) groups is 2. The van der Waals surface area contributed by atoms with E-state index in [9.17, 15) is 9.59 Å². The Morgan fingerprint density at radius 1 is 1.10 bits per heavy atom. The second kappa shape index (κ2) is 6.61. The molecule has 0 saturated heterocycles. The van der Waals surface area contributed by atoms with E-state index in [4.69, 9.17) is 9.47 Å². The summed E-state index contributed by atoms with van der Waals surface area (Å²) < 4.78 is 10.0. The van der Waals surface area contributed by atoms with Gasteiger partial charge in [-0.2, -0.15) is 0 Å². The maximum Gasteiger partial charge on any atom is 0.408 e. The van der Waals surface area contributed by atoms with Crippen LogP contribution in [0.1, 0.15) is 33.3 Å². The number of benzene rings is 1. The van der Waals surface area contributed by atoms with Gasteiger partial charge in [0, 0.05) is 6.42 Å². The number of hydrogen-bond acceptors (Lipinski definition) is 4. The molecule has 0 aromatic heterocycles. The van der Waals surface area contributed by atoms with Crippen molar-refractivity contribution in [3.05, 3.63) is 35.9 Å². The van der Waals surface area contributed by atoms with Gasteiger partial charge in [-0.25, -0.2) is 9.59 Å². The predicted molar refractivity (Wildman–Crippen MR) is 79.9 cm³/mol. The smallest absolute Gasteiger partial charge is 0.408 e. The number of amides is 1. The SMILES string of the molecule is COC(=O)C(C)(Cc1ccccc1)NC(=O)OC(C)(C)C. The molecule has 0 saturated carbocycles. The molecule has 0 spiro atoms. The fraction of sp³-hybridized carbons (Fsp3) is 0.500. The summed E-state index contributed by atoms with van der Waals surface area (Å²) >= 11 is 0. The van der Waals surface area contributed by atoms with Crippen LogP contribution < -0.4 is 5.32 Å². The Morgan fingerprint density at radius 3 is 2.14 bits per heavy atom. The molecule has 0 heterocycles. The molecule has 5 nitrogen and oxygen atoms in total. The summed E-state index contributed by atoms with van der Waals surface area (Å²) in [6.07, 6.45) is -0.328. The minimum atomic E-state index is -1.18. The van der Waals surface area contributed by atoms with Crippen molar-refractivity contribution in [2.45, 2.75) is 45.3 Å². The van der Waals surface area contributed by atoms with Crippen LogP contribution in [0.3, 0.4) is 0 Å². The first-order chi connectivity index (χ1) is 9.66. The molecule has 0 aliphatic heterocycles. The first-order valence-electron chi connectivity index (χ1n) is 6.80. The summed E-state index contributed by atoms with van der Waals surface area (Å²) in [4.78, 5) is 24.0. The van der Waals surface area contributed by atoms with Crippen LogP contribution in [0.5, 0.6) is 0 Å². The number of nitrogens with one attached hydrogen (secondary N) is 1. The van der Waals surface area contributed by atoms with E-state index in [1.807, 2.05) is 30.3 Å². The van der Waals surface area contributed by atoms with E-state index >= 15 is 0 Å². The third-order valence-electron chi connectivity index (χ3n) is 2.81. The highest BCUT2D eigenvalue weighted by atomic mass is 16.6. The maximum absolute atomic E-state index is 12.0. The van der Waals surface area contributed by atoms with Gasteiger partial charge in [-0.1, -0.05) is 30.3 Å². The first kappa shape index (κ1) is 17.0. The number of rotatable bonds is 4. The lowest BCUT2D eigenvalue weighted by molar-refractivity contribution is -0.147. The fourth-order valence-corrected chi connectivity index (χ4v) is 1.93. The molecular weight excluding hydrogens is 270 g/mol. The Labute approximate surface area is 125 Å². The zero-order valence-corrected chi connectivity index (χ0v) is 13.2. The predicted octanol–water partition coefficient (Wildman–Crippen LogP) is 2.69. The standard InChI is InChI=1S/C16H23NO4/c1-15(2,3)21-14(19)17-16(4,13(18)20-5)11-12-9-7-6-8-10-12/h6-10H,11H2,1-5H3,(H,17,19). The van der Waals surface area contributed by atoms with Crippen molar-refractivity contribution in [1.82, 2.24) is 5.32 Å². The second-order valence-corrected chi connectivity index (χ2v) is 6.11. The number of esters is 1. The summed E-state index contributed by atoms with van der Waals surface area (Å²) in [6, 6.07) is 9.41. The average Bonchev–Trinajstić information content (AvgIpc) is 2.36. The number of methoxy groups -OCH3 is 1. The van der Waals surface area contributed by atoms with Gasteiger partial charge in [0.25, 0.3) is 0 Å². The molecule has 1 rings (SSSR count).